The molecule has 0 saturated carbocycles. The Morgan fingerprint density at radius 1 is 1.28 bits per heavy atom. The molecule has 0 unspecified atom stereocenters. The van der Waals surface area contributed by atoms with E-state index < -0.39 is 11.5 Å². The van der Waals surface area contributed by atoms with Gasteiger partial charge in [-0.1, -0.05) is 6.07 Å². The molecule has 8 nitrogen and oxygen atoms in total. The molecule has 1 aliphatic rings. The summed E-state index contributed by atoms with van der Waals surface area (Å²) in [6, 6.07) is 10.4. The van der Waals surface area contributed by atoms with Crippen LogP contribution in [0.15, 0.2) is 42.5 Å². The van der Waals surface area contributed by atoms with Crippen molar-refractivity contribution < 1.29 is 28.2 Å². The Hall–Kier alpha value is -3.20. The number of pyridine rings is 1. The van der Waals surface area contributed by atoms with Crippen molar-refractivity contribution in [3.63, 3.8) is 0 Å². The molecule has 154 valence electrons. The largest absolute Gasteiger partial charge is 0.490 e. The number of carbonyl (C=O) groups excluding carboxylic acids is 2. The second-order valence-corrected chi connectivity index (χ2v) is 6.71. The molecule has 0 aliphatic carbocycles. The second kappa shape index (κ2) is 8.87. The smallest absolute Gasteiger partial charge is 0.272 e. The highest BCUT2D eigenvalue weighted by Crippen LogP contribution is 2.25. The minimum atomic E-state index is -1.12. The van der Waals surface area contributed by atoms with Gasteiger partial charge >= 0.3 is 0 Å². The van der Waals surface area contributed by atoms with Crippen molar-refractivity contribution in [1.29, 1.82) is 0 Å². The maximum absolute atomic E-state index is 13.1. The normalized spacial score (nSPS) is 18.9. The van der Waals surface area contributed by atoms with Crippen LogP contribution in [0.2, 0.25) is 0 Å². The molecule has 0 spiro atoms. The van der Waals surface area contributed by atoms with Crippen LogP contribution in [-0.4, -0.2) is 60.7 Å². The Labute approximate surface area is 167 Å². The number of halogens is 1. The average Bonchev–Trinajstić information content (AvgIpc) is 2.72. The Morgan fingerprint density at radius 2 is 2.03 bits per heavy atom. The number of morpholine rings is 1. The van der Waals surface area contributed by atoms with E-state index in [2.05, 4.69) is 4.98 Å². The predicted octanol–water partition coefficient (Wildman–Crippen LogP) is 1.39. The van der Waals surface area contributed by atoms with Crippen molar-refractivity contribution in [2.45, 2.75) is 12.0 Å². The Bertz CT molecular complexity index is 877. The number of rotatable bonds is 7. The lowest BCUT2D eigenvalue weighted by atomic mass is 9.97. The summed E-state index contributed by atoms with van der Waals surface area (Å²) >= 11 is 0. The number of nitrogens with two attached hydrogens (primary N) is 1. The molecule has 1 atom stereocenters. The molecule has 1 saturated heterocycles. The van der Waals surface area contributed by atoms with Gasteiger partial charge in [0.1, 0.15) is 29.5 Å². The molecular formula is C20H22FN3O5. The van der Waals surface area contributed by atoms with Crippen LogP contribution in [0.25, 0.3) is 0 Å². The van der Waals surface area contributed by atoms with Gasteiger partial charge < -0.3 is 24.8 Å². The first-order chi connectivity index (χ1) is 13.9. The number of ether oxygens (including phenoxy) is 3. The summed E-state index contributed by atoms with van der Waals surface area (Å²) in [6.07, 6.45) is -0.135. The summed E-state index contributed by atoms with van der Waals surface area (Å²) in [6.45, 7) is 0.594. The number of primary amides is 1. The van der Waals surface area contributed by atoms with Gasteiger partial charge in [0, 0.05) is 12.6 Å². The topological polar surface area (TPSA) is 104 Å². The van der Waals surface area contributed by atoms with E-state index >= 15 is 0 Å². The maximum Gasteiger partial charge on any atom is 0.272 e. The molecule has 1 fully saturated rings. The number of benzene rings is 1. The Kier molecular flexibility index (Phi) is 6.28. The maximum atomic E-state index is 13.1. The van der Waals surface area contributed by atoms with Gasteiger partial charge in [-0.3, -0.25) is 9.59 Å². The quantitative estimate of drug-likeness (QED) is 0.749. The third kappa shape index (κ3) is 5.20. The van der Waals surface area contributed by atoms with E-state index in [1.54, 1.807) is 23.1 Å². The van der Waals surface area contributed by atoms with Crippen molar-refractivity contribution in [3.05, 3.63) is 54.0 Å². The molecule has 29 heavy (non-hydrogen) atoms. The number of hydrogen-bond acceptors (Lipinski definition) is 6. The number of hydrogen-bond donors (Lipinski definition) is 1. The van der Waals surface area contributed by atoms with Crippen LogP contribution in [0, 0.1) is 5.82 Å². The van der Waals surface area contributed by atoms with Crippen LogP contribution in [-0.2, 0) is 9.53 Å². The first-order valence-electron chi connectivity index (χ1n) is 9.02. The number of carbonyl (C=O) groups is 2. The van der Waals surface area contributed by atoms with Crippen molar-refractivity contribution in [2.24, 2.45) is 5.73 Å². The average molecular weight is 403 g/mol. The number of aromatic nitrogens is 1. The van der Waals surface area contributed by atoms with Crippen LogP contribution in [0.3, 0.4) is 0 Å². The summed E-state index contributed by atoms with van der Waals surface area (Å²) in [4.78, 5) is 30.3. The molecule has 2 heterocycles. The van der Waals surface area contributed by atoms with Crippen LogP contribution in [0.4, 0.5) is 4.39 Å². The van der Waals surface area contributed by atoms with Gasteiger partial charge in [-0.15, -0.1) is 0 Å². The Balaban J connectivity index is 1.76. The highest BCUT2D eigenvalue weighted by atomic mass is 19.1. The van der Waals surface area contributed by atoms with E-state index in [9.17, 15) is 14.0 Å². The van der Waals surface area contributed by atoms with Gasteiger partial charge in [-0.25, -0.2) is 9.37 Å². The molecule has 1 aromatic heterocycles. The zero-order chi connectivity index (χ0) is 20.9. The van der Waals surface area contributed by atoms with Crippen LogP contribution in [0.5, 0.6) is 11.6 Å². The second-order valence-electron chi connectivity index (χ2n) is 6.71. The molecule has 3 rings (SSSR count). The Morgan fingerprint density at radius 3 is 2.72 bits per heavy atom. The minimum Gasteiger partial charge on any atom is -0.490 e. The third-order valence-electron chi connectivity index (χ3n) is 4.50. The van der Waals surface area contributed by atoms with Crippen LogP contribution >= 0.6 is 0 Å². The van der Waals surface area contributed by atoms with Crippen molar-refractivity contribution in [3.8, 4) is 11.6 Å². The molecule has 1 aliphatic heterocycles. The molecular weight excluding hydrogens is 381 g/mol. The molecule has 2 aromatic rings. The van der Waals surface area contributed by atoms with Gasteiger partial charge in [0.2, 0.25) is 11.8 Å². The summed E-state index contributed by atoms with van der Waals surface area (Å²) in [5, 5.41) is 0. The summed E-state index contributed by atoms with van der Waals surface area (Å²) < 4.78 is 29.7. The molecule has 0 radical (unpaired) electrons. The monoisotopic (exact) mass is 403 g/mol. The zero-order valence-electron chi connectivity index (χ0n) is 16.0. The van der Waals surface area contributed by atoms with E-state index in [4.69, 9.17) is 19.9 Å². The molecule has 0 bridgehead atoms. The standard InChI is InChI=1S/C20H22FN3O5/c1-27-18-4-2-3-16(23-18)19(26)24-9-10-29-20(12-24,11-17(22)25)13-28-15-7-5-14(21)6-8-15/h2-8H,9-13H2,1H3,(H2,22,25)/t20-/m1/s1. The lowest BCUT2D eigenvalue weighted by Gasteiger charge is -2.41. The molecule has 2 amide bonds. The number of nitrogens with zero attached hydrogens (tertiary/aromatic N) is 2. The van der Waals surface area contributed by atoms with Gasteiger partial charge in [-0.2, -0.15) is 0 Å². The van der Waals surface area contributed by atoms with E-state index in [0.29, 0.717) is 18.2 Å². The van der Waals surface area contributed by atoms with Crippen LogP contribution in [0.1, 0.15) is 16.9 Å². The zero-order valence-corrected chi connectivity index (χ0v) is 16.0. The first kappa shape index (κ1) is 20.5. The lowest BCUT2D eigenvalue weighted by molar-refractivity contribution is -0.142. The van der Waals surface area contributed by atoms with E-state index in [-0.39, 0.29) is 43.6 Å². The van der Waals surface area contributed by atoms with Gasteiger partial charge in [0.15, 0.2) is 0 Å². The third-order valence-corrected chi connectivity index (χ3v) is 4.50. The van der Waals surface area contributed by atoms with Gasteiger partial charge in [0.05, 0.1) is 26.7 Å². The SMILES string of the molecule is COc1cccc(C(=O)N2CCO[C@](COc3ccc(F)cc3)(CC(N)=O)C2)n1. The molecule has 2 N–H and O–H groups in total. The predicted molar refractivity (Wildman–Crippen MR) is 101 cm³/mol. The van der Waals surface area contributed by atoms with E-state index in [0.717, 1.165) is 0 Å². The van der Waals surface area contributed by atoms with Gasteiger partial charge in [-0.05, 0) is 30.3 Å². The number of amides is 2. The fraction of sp³-hybridized carbons (Fsp3) is 0.350. The molecule has 1 aromatic carbocycles. The van der Waals surface area contributed by atoms with Crippen molar-refractivity contribution in [2.75, 3.05) is 33.4 Å². The fourth-order valence-corrected chi connectivity index (χ4v) is 3.14. The highest BCUT2D eigenvalue weighted by molar-refractivity contribution is 5.92. The highest BCUT2D eigenvalue weighted by Gasteiger charge is 2.41. The van der Waals surface area contributed by atoms with Crippen molar-refractivity contribution >= 4 is 11.8 Å². The van der Waals surface area contributed by atoms with Gasteiger partial charge in [0.25, 0.3) is 5.91 Å². The summed E-state index contributed by atoms with van der Waals surface area (Å²) in [7, 11) is 1.47. The van der Waals surface area contributed by atoms with E-state index in [1.165, 1.54) is 31.4 Å². The van der Waals surface area contributed by atoms with E-state index in [1.807, 2.05) is 0 Å². The fourth-order valence-electron chi connectivity index (χ4n) is 3.14. The minimum absolute atomic E-state index is 0.0309. The summed E-state index contributed by atoms with van der Waals surface area (Å²) in [5.41, 5.74) is 4.51. The van der Waals surface area contributed by atoms with Crippen molar-refractivity contribution in [1.82, 2.24) is 9.88 Å². The lowest BCUT2D eigenvalue weighted by Crippen LogP contribution is -2.58. The number of methoxy groups -OCH3 is 1. The first-order valence-corrected chi connectivity index (χ1v) is 9.02. The molecule has 9 heteroatoms. The summed E-state index contributed by atoms with van der Waals surface area (Å²) in [5.74, 6) is -0.547. The van der Waals surface area contributed by atoms with Crippen LogP contribution < -0.4 is 15.2 Å².